The summed E-state index contributed by atoms with van der Waals surface area (Å²) in [6.45, 7) is 0.195. The molecular weight excluding hydrogens is 212 g/mol. The van der Waals surface area contributed by atoms with Gasteiger partial charge in [-0.2, -0.15) is 0 Å². The number of hydrogen-bond acceptors (Lipinski definition) is 5. The van der Waals surface area contributed by atoms with Gasteiger partial charge in [0.2, 0.25) is 0 Å². The van der Waals surface area contributed by atoms with E-state index in [2.05, 4.69) is 4.98 Å². The molecule has 0 bridgehead atoms. The molecule has 0 fully saturated rings. The number of aliphatic hydroxyl groups excluding tert-OH is 1. The molecule has 1 heterocycles. The van der Waals surface area contributed by atoms with Crippen molar-refractivity contribution in [1.82, 2.24) is 4.98 Å². The maximum absolute atomic E-state index is 8.64. The Morgan fingerprint density at radius 1 is 1.47 bits per heavy atom. The molecule has 0 saturated heterocycles. The highest BCUT2D eigenvalue weighted by molar-refractivity contribution is 7.99. The number of benzene rings is 1. The van der Waals surface area contributed by atoms with Crippen LogP contribution in [0.3, 0.4) is 0 Å². The van der Waals surface area contributed by atoms with Crippen LogP contribution in [0.2, 0.25) is 0 Å². The van der Waals surface area contributed by atoms with Gasteiger partial charge >= 0.3 is 0 Å². The van der Waals surface area contributed by atoms with Gasteiger partial charge in [-0.25, -0.2) is 4.98 Å². The summed E-state index contributed by atoms with van der Waals surface area (Å²) in [7, 11) is 0. The summed E-state index contributed by atoms with van der Waals surface area (Å²) >= 11 is 1.50. The average molecular weight is 224 g/mol. The lowest BCUT2D eigenvalue weighted by molar-refractivity contribution is 0.296. The molecule has 0 unspecified atom stereocenters. The fourth-order valence-corrected chi connectivity index (χ4v) is 1.97. The predicted octanol–water partition coefficient (Wildman–Crippen LogP) is 1.88. The van der Waals surface area contributed by atoms with E-state index in [9.17, 15) is 0 Å². The van der Waals surface area contributed by atoms with Crippen molar-refractivity contribution < 1.29 is 9.52 Å². The molecule has 3 N–H and O–H groups in total. The van der Waals surface area contributed by atoms with Gasteiger partial charge in [0, 0.05) is 24.1 Å². The van der Waals surface area contributed by atoms with Gasteiger partial charge in [-0.1, -0.05) is 11.8 Å². The normalized spacial score (nSPS) is 11.0. The number of aromatic nitrogens is 1. The van der Waals surface area contributed by atoms with Crippen LogP contribution in [-0.4, -0.2) is 22.5 Å². The Kier molecular flexibility index (Phi) is 3.13. The first kappa shape index (κ1) is 10.3. The Morgan fingerprint density at radius 3 is 3.13 bits per heavy atom. The predicted molar refractivity (Wildman–Crippen MR) is 60.8 cm³/mol. The molecule has 0 aliphatic carbocycles. The van der Waals surface area contributed by atoms with Gasteiger partial charge in [-0.3, -0.25) is 0 Å². The monoisotopic (exact) mass is 224 g/mol. The Balaban J connectivity index is 2.16. The average Bonchev–Trinajstić information content (AvgIpc) is 2.60. The molecule has 0 spiro atoms. The summed E-state index contributed by atoms with van der Waals surface area (Å²) in [5.41, 5.74) is 7.82. The van der Waals surface area contributed by atoms with Crippen LogP contribution in [-0.2, 0) is 0 Å². The quantitative estimate of drug-likeness (QED) is 0.471. The van der Waals surface area contributed by atoms with E-state index in [-0.39, 0.29) is 6.61 Å². The summed E-state index contributed by atoms with van der Waals surface area (Å²) in [4.78, 5) is 4.28. The highest BCUT2D eigenvalue weighted by atomic mass is 32.2. The number of nitrogens with zero attached hydrogens (tertiary/aromatic N) is 1. The highest BCUT2D eigenvalue weighted by Gasteiger charge is 2.05. The molecule has 2 rings (SSSR count). The van der Waals surface area contributed by atoms with Crippen molar-refractivity contribution in [3.63, 3.8) is 0 Å². The third kappa shape index (κ3) is 2.43. The number of oxazole rings is 1. The molecule has 0 aliphatic heterocycles. The first-order valence-corrected chi connectivity index (χ1v) is 5.68. The largest absolute Gasteiger partial charge is 0.431 e. The van der Waals surface area contributed by atoms with Gasteiger partial charge in [0.1, 0.15) is 5.52 Å². The standard InChI is InChI=1S/C10H12N2O2S/c11-7-2-3-8-9(6-7)14-10(12-8)15-5-1-4-13/h2-3,6,13H,1,4-5,11H2. The molecule has 15 heavy (non-hydrogen) atoms. The van der Waals surface area contributed by atoms with Gasteiger partial charge in [0.15, 0.2) is 5.58 Å². The van der Waals surface area contributed by atoms with Crippen LogP contribution < -0.4 is 5.73 Å². The lowest BCUT2D eigenvalue weighted by atomic mass is 10.3. The van der Waals surface area contributed by atoms with Crippen molar-refractivity contribution >= 4 is 28.5 Å². The summed E-state index contributed by atoms with van der Waals surface area (Å²) in [6, 6.07) is 5.40. The minimum absolute atomic E-state index is 0.195. The smallest absolute Gasteiger partial charge is 0.256 e. The Morgan fingerprint density at radius 2 is 2.33 bits per heavy atom. The third-order valence-electron chi connectivity index (χ3n) is 1.92. The van der Waals surface area contributed by atoms with Gasteiger partial charge in [0.05, 0.1) is 0 Å². The number of nitrogens with two attached hydrogens (primary N) is 1. The van der Waals surface area contributed by atoms with Gasteiger partial charge in [-0.05, 0) is 18.6 Å². The zero-order chi connectivity index (χ0) is 10.7. The molecular formula is C10H12N2O2S. The van der Waals surface area contributed by atoms with E-state index in [1.807, 2.05) is 6.07 Å². The van der Waals surface area contributed by atoms with Gasteiger partial charge in [-0.15, -0.1) is 0 Å². The molecule has 80 valence electrons. The molecule has 1 aromatic heterocycles. The fraction of sp³-hybridized carbons (Fsp3) is 0.300. The van der Waals surface area contributed by atoms with E-state index in [0.717, 1.165) is 17.7 Å². The Bertz CT molecular complexity index is 456. The van der Waals surface area contributed by atoms with Crippen LogP contribution in [0.1, 0.15) is 6.42 Å². The minimum Gasteiger partial charge on any atom is -0.431 e. The number of rotatable bonds is 4. The number of aliphatic hydroxyl groups is 1. The van der Waals surface area contributed by atoms with Gasteiger partial charge < -0.3 is 15.3 Å². The van der Waals surface area contributed by atoms with Crippen molar-refractivity contribution in [1.29, 1.82) is 0 Å². The number of hydrogen-bond donors (Lipinski definition) is 2. The van der Waals surface area contributed by atoms with Crippen LogP contribution in [0.5, 0.6) is 0 Å². The SMILES string of the molecule is Nc1ccc2nc(SCCCO)oc2c1. The minimum atomic E-state index is 0.195. The number of anilines is 1. The molecule has 5 heteroatoms. The molecule has 0 radical (unpaired) electrons. The number of nitrogen functional groups attached to an aromatic ring is 1. The second kappa shape index (κ2) is 4.55. The van der Waals surface area contributed by atoms with E-state index in [0.29, 0.717) is 16.5 Å². The first-order chi connectivity index (χ1) is 7.29. The molecule has 2 aromatic rings. The molecule has 0 saturated carbocycles. The second-order valence-corrected chi connectivity index (χ2v) is 4.18. The highest BCUT2D eigenvalue weighted by Crippen LogP contribution is 2.24. The van der Waals surface area contributed by atoms with Crippen molar-refractivity contribution in [2.24, 2.45) is 0 Å². The van der Waals surface area contributed by atoms with Crippen LogP contribution in [0, 0.1) is 0 Å². The summed E-state index contributed by atoms with van der Waals surface area (Å²) < 4.78 is 5.49. The van der Waals surface area contributed by atoms with Crippen molar-refractivity contribution in [2.75, 3.05) is 18.1 Å². The Hall–Kier alpha value is -1.20. The van der Waals surface area contributed by atoms with E-state index < -0.39 is 0 Å². The van der Waals surface area contributed by atoms with Gasteiger partial charge in [0.25, 0.3) is 5.22 Å². The molecule has 0 aliphatic rings. The van der Waals surface area contributed by atoms with Crippen molar-refractivity contribution in [2.45, 2.75) is 11.6 Å². The molecule has 0 amide bonds. The van der Waals surface area contributed by atoms with E-state index in [1.165, 1.54) is 11.8 Å². The maximum atomic E-state index is 8.64. The first-order valence-electron chi connectivity index (χ1n) is 4.69. The maximum Gasteiger partial charge on any atom is 0.256 e. The zero-order valence-corrected chi connectivity index (χ0v) is 8.96. The van der Waals surface area contributed by atoms with E-state index in [4.69, 9.17) is 15.3 Å². The summed E-state index contributed by atoms with van der Waals surface area (Å²) in [5.74, 6) is 0.804. The molecule has 0 atom stereocenters. The zero-order valence-electron chi connectivity index (χ0n) is 8.14. The van der Waals surface area contributed by atoms with E-state index >= 15 is 0 Å². The summed E-state index contributed by atoms with van der Waals surface area (Å²) in [6.07, 6.45) is 0.742. The van der Waals surface area contributed by atoms with Crippen LogP contribution in [0.25, 0.3) is 11.1 Å². The lowest BCUT2D eigenvalue weighted by Crippen LogP contribution is -1.84. The second-order valence-electron chi connectivity index (χ2n) is 3.13. The van der Waals surface area contributed by atoms with Crippen molar-refractivity contribution in [3.8, 4) is 0 Å². The van der Waals surface area contributed by atoms with Crippen LogP contribution in [0.15, 0.2) is 27.8 Å². The molecule has 4 nitrogen and oxygen atoms in total. The summed E-state index contributed by atoms with van der Waals surface area (Å²) in [5, 5.41) is 9.27. The van der Waals surface area contributed by atoms with Crippen LogP contribution >= 0.6 is 11.8 Å². The molecule has 1 aromatic carbocycles. The Labute approximate surface area is 91.5 Å². The number of thioether (sulfide) groups is 1. The lowest BCUT2D eigenvalue weighted by Gasteiger charge is -1.91. The number of fused-ring (bicyclic) bond motifs is 1. The van der Waals surface area contributed by atoms with E-state index in [1.54, 1.807) is 12.1 Å². The van der Waals surface area contributed by atoms with Crippen molar-refractivity contribution in [3.05, 3.63) is 18.2 Å². The third-order valence-corrected chi connectivity index (χ3v) is 2.84. The van der Waals surface area contributed by atoms with Crippen LogP contribution in [0.4, 0.5) is 5.69 Å². The fourth-order valence-electron chi connectivity index (χ4n) is 1.21. The topological polar surface area (TPSA) is 72.3 Å².